The zero-order chi connectivity index (χ0) is 21.0. The minimum Gasteiger partial charge on any atom is -0.466 e. The Morgan fingerprint density at radius 3 is 2.00 bits per heavy atom. The number of carbonyl (C=O) groups is 4. The van der Waals surface area contributed by atoms with Crippen molar-refractivity contribution in [3.8, 4) is 0 Å². The number of nitrogens with one attached hydrogen (secondary N) is 1. The minimum absolute atomic E-state index is 0.0791. The number of esters is 1. The standard InChI is InChI=1S/C21H20N2O6/c1-28-18(21(27)29-2)22-17(24)16(12-13-8-4-3-5-9-13)23-19(25)14-10-6-7-11-15(14)20(23)26/h3-11,16,18H,12H2,1-2H3,(H,22,24)/t16-,18?/m0/s1. The van der Waals surface area contributed by atoms with Gasteiger partial charge in [-0.1, -0.05) is 42.5 Å². The lowest BCUT2D eigenvalue weighted by Crippen LogP contribution is -2.54. The van der Waals surface area contributed by atoms with Gasteiger partial charge in [0.25, 0.3) is 11.8 Å². The number of benzene rings is 2. The summed E-state index contributed by atoms with van der Waals surface area (Å²) in [6, 6.07) is 14.2. The molecule has 2 aromatic rings. The van der Waals surface area contributed by atoms with Crippen LogP contribution < -0.4 is 5.32 Å². The molecule has 3 rings (SSSR count). The molecular formula is C21H20N2O6. The largest absolute Gasteiger partial charge is 0.466 e. The first kappa shape index (κ1) is 20.2. The molecule has 1 heterocycles. The molecule has 0 spiro atoms. The van der Waals surface area contributed by atoms with Crippen LogP contribution >= 0.6 is 0 Å². The van der Waals surface area contributed by atoms with Gasteiger partial charge >= 0.3 is 5.97 Å². The van der Waals surface area contributed by atoms with Crippen molar-refractivity contribution >= 4 is 23.7 Å². The number of amides is 3. The number of hydrogen-bond acceptors (Lipinski definition) is 6. The van der Waals surface area contributed by atoms with E-state index in [2.05, 4.69) is 10.1 Å². The Morgan fingerprint density at radius 2 is 1.48 bits per heavy atom. The van der Waals surface area contributed by atoms with Crippen molar-refractivity contribution in [2.24, 2.45) is 0 Å². The van der Waals surface area contributed by atoms with Crippen LogP contribution in [-0.4, -0.2) is 55.1 Å². The highest BCUT2D eigenvalue weighted by molar-refractivity contribution is 6.22. The average Bonchev–Trinajstić information content (AvgIpc) is 3.00. The van der Waals surface area contributed by atoms with Crippen LogP contribution in [0.2, 0.25) is 0 Å². The third-order valence-electron chi connectivity index (χ3n) is 4.64. The Morgan fingerprint density at radius 1 is 0.931 bits per heavy atom. The fraction of sp³-hybridized carbons (Fsp3) is 0.238. The van der Waals surface area contributed by atoms with E-state index in [0.717, 1.165) is 17.6 Å². The molecule has 1 aliphatic heterocycles. The summed E-state index contributed by atoms with van der Waals surface area (Å²) in [4.78, 5) is 51.5. The highest BCUT2D eigenvalue weighted by Gasteiger charge is 2.43. The van der Waals surface area contributed by atoms with Crippen molar-refractivity contribution < 1.29 is 28.7 Å². The predicted molar refractivity (Wildman–Crippen MR) is 102 cm³/mol. The molecular weight excluding hydrogens is 376 g/mol. The molecule has 0 fully saturated rings. The molecule has 29 heavy (non-hydrogen) atoms. The smallest absolute Gasteiger partial charge is 0.356 e. The number of methoxy groups -OCH3 is 2. The summed E-state index contributed by atoms with van der Waals surface area (Å²) in [5, 5.41) is 2.40. The van der Waals surface area contributed by atoms with Gasteiger partial charge in [0.05, 0.1) is 18.2 Å². The van der Waals surface area contributed by atoms with E-state index in [0.29, 0.717) is 0 Å². The molecule has 0 radical (unpaired) electrons. The average molecular weight is 396 g/mol. The molecule has 0 saturated heterocycles. The summed E-state index contributed by atoms with van der Waals surface area (Å²) < 4.78 is 9.55. The van der Waals surface area contributed by atoms with E-state index < -0.39 is 36.0 Å². The number of fused-ring (bicyclic) bond motifs is 1. The van der Waals surface area contributed by atoms with E-state index in [-0.39, 0.29) is 17.5 Å². The number of hydrogen-bond donors (Lipinski definition) is 1. The molecule has 1 aliphatic rings. The molecule has 1 unspecified atom stereocenters. The summed E-state index contributed by atoms with van der Waals surface area (Å²) in [6.07, 6.45) is -1.28. The Bertz CT molecular complexity index is 908. The fourth-order valence-corrected chi connectivity index (χ4v) is 3.18. The van der Waals surface area contributed by atoms with E-state index >= 15 is 0 Å². The van der Waals surface area contributed by atoms with Gasteiger partial charge in [-0.25, -0.2) is 4.79 Å². The summed E-state index contributed by atoms with van der Waals surface area (Å²) in [5.41, 5.74) is 1.22. The van der Waals surface area contributed by atoms with Crippen LogP contribution in [0.5, 0.6) is 0 Å². The molecule has 150 valence electrons. The van der Waals surface area contributed by atoms with Gasteiger partial charge in [0.2, 0.25) is 12.1 Å². The number of rotatable bonds is 7. The molecule has 0 saturated carbocycles. The summed E-state index contributed by atoms with van der Waals surface area (Å²) in [6.45, 7) is 0. The molecule has 1 N–H and O–H groups in total. The van der Waals surface area contributed by atoms with Crippen molar-refractivity contribution in [3.63, 3.8) is 0 Å². The van der Waals surface area contributed by atoms with Gasteiger partial charge in [-0.2, -0.15) is 0 Å². The van der Waals surface area contributed by atoms with Crippen LogP contribution in [0.15, 0.2) is 54.6 Å². The van der Waals surface area contributed by atoms with Gasteiger partial charge in [0.15, 0.2) is 0 Å². The first-order valence-electron chi connectivity index (χ1n) is 8.89. The summed E-state index contributed by atoms with van der Waals surface area (Å²) in [5.74, 6) is -2.63. The maximum Gasteiger partial charge on any atom is 0.356 e. The van der Waals surface area contributed by atoms with Crippen LogP contribution in [0.4, 0.5) is 0 Å². The fourth-order valence-electron chi connectivity index (χ4n) is 3.18. The second kappa shape index (κ2) is 8.66. The van der Waals surface area contributed by atoms with Gasteiger partial charge in [-0.05, 0) is 17.7 Å². The van der Waals surface area contributed by atoms with Crippen LogP contribution in [0.25, 0.3) is 0 Å². The van der Waals surface area contributed by atoms with Crippen molar-refractivity contribution in [1.29, 1.82) is 0 Å². The maximum absolute atomic E-state index is 13.0. The highest BCUT2D eigenvalue weighted by atomic mass is 16.6. The topological polar surface area (TPSA) is 102 Å². The first-order chi connectivity index (χ1) is 14.0. The van der Waals surface area contributed by atoms with Gasteiger partial charge in [-0.3, -0.25) is 19.3 Å². The Balaban J connectivity index is 1.94. The zero-order valence-electron chi connectivity index (χ0n) is 16.0. The molecule has 8 nitrogen and oxygen atoms in total. The number of imide groups is 1. The Hall–Kier alpha value is -3.52. The third kappa shape index (κ3) is 4.02. The minimum atomic E-state index is -1.36. The zero-order valence-corrected chi connectivity index (χ0v) is 16.0. The molecule has 3 amide bonds. The van der Waals surface area contributed by atoms with E-state index in [4.69, 9.17) is 4.74 Å². The van der Waals surface area contributed by atoms with Gasteiger partial charge < -0.3 is 14.8 Å². The third-order valence-corrected chi connectivity index (χ3v) is 4.64. The van der Waals surface area contributed by atoms with Gasteiger partial charge in [0, 0.05) is 13.5 Å². The summed E-state index contributed by atoms with van der Waals surface area (Å²) in [7, 11) is 2.39. The lowest BCUT2D eigenvalue weighted by atomic mass is 10.0. The lowest BCUT2D eigenvalue weighted by Gasteiger charge is -2.27. The molecule has 0 aromatic heterocycles. The number of carbonyl (C=O) groups excluding carboxylic acids is 4. The van der Waals surface area contributed by atoms with Crippen molar-refractivity contribution in [2.75, 3.05) is 14.2 Å². The van der Waals surface area contributed by atoms with Crippen molar-refractivity contribution in [2.45, 2.75) is 18.7 Å². The second-order valence-corrected chi connectivity index (χ2v) is 6.38. The molecule has 0 bridgehead atoms. The molecule has 2 atom stereocenters. The summed E-state index contributed by atoms with van der Waals surface area (Å²) >= 11 is 0. The normalized spacial score (nSPS) is 14.9. The molecule has 0 aliphatic carbocycles. The van der Waals surface area contributed by atoms with E-state index in [1.54, 1.807) is 48.5 Å². The molecule has 2 aromatic carbocycles. The number of nitrogens with zero attached hydrogens (tertiary/aromatic N) is 1. The van der Waals surface area contributed by atoms with Crippen molar-refractivity contribution in [1.82, 2.24) is 10.2 Å². The SMILES string of the molecule is COC(=O)C(NC(=O)[C@H](Cc1ccccc1)N1C(=O)c2ccccc2C1=O)OC. The Labute approximate surface area is 167 Å². The monoisotopic (exact) mass is 396 g/mol. The van der Waals surface area contributed by atoms with E-state index in [9.17, 15) is 19.2 Å². The number of ether oxygens (including phenoxy) is 2. The van der Waals surface area contributed by atoms with Gasteiger partial charge in [0.1, 0.15) is 6.04 Å². The lowest BCUT2D eigenvalue weighted by molar-refractivity contribution is -0.157. The van der Waals surface area contributed by atoms with E-state index in [1.165, 1.54) is 7.11 Å². The van der Waals surface area contributed by atoms with Crippen molar-refractivity contribution in [3.05, 3.63) is 71.3 Å². The van der Waals surface area contributed by atoms with Crippen LogP contribution in [-0.2, 0) is 25.5 Å². The van der Waals surface area contributed by atoms with Gasteiger partial charge in [-0.15, -0.1) is 0 Å². The van der Waals surface area contributed by atoms with Crippen LogP contribution in [0, 0.1) is 0 Å². The first-order valence-corrected chi connectivity index (χ1v) is 8.89. The van der Waals surface area contributed by atoms with Crippen LogP contribution in [0.1, 0.15) is 26.3 Å². The second-order valence-electron chi connectivity index (χ2n) is 6.38. The maximum atomic E-state index is 13.0. The predicted octanol–water partition coefficient (Wildman–Crippen LogP) is 1.16. The van der Waals surface area contributed by atoms with E-state index in [1.807, 2.05) is 6.07 Å². The highest BCUT2D eigenvalue weighted by Crippen LogP contribution is 2.26. The van der Waals surface area contributed by atoms with Crippen LogP contribution in [0.3, 0.4) is 0 Å². The molecule has 8 heteroatoms. The quantitative estimate of drug-likeness (QED) is 0.428. The Kier molecular flexibility index (Phi) is 6.04.